The summed E-state index contributed by atoms with van der Waals surface area (Å²) in [6.45, 7) is 3.87. The molecule has 1 rings (SSSR count). The van der Waals surface area contributed by atoms with Crippen molar-refractivity contribution in [1.82, 2.24) is 0 Å². The fourth-order valence-electron chi connectivity index (χ4n) is 1.03. The van der Waals surface area contributed by atoms with E-state index in [1.165, 1.54) is 12.8 Å². The Labute approximate surface area is 58.5 Å². The van der Waals surface area contributed by atoms with Crippen LogP contribution in [-0.4, -0.2) is 28.7 Å². The number of ether oxygens (including phenoxy) is 1. The first-order chi connectivity index (χ1) is 4.43. The van der Waals surface area contributed by atoms with E-state index < -0.39 is 0 Å². The quantitative estimate of drug-likeness (QED) is 0.531. The SMILES string of the molecule is CCO[SiH2]C1CCCO1. The summed E-state index contributed by atoms with van der Waals surface area (Å²) >= 11 is 0. The van der Waals surface area contributed by atoms with Crippen LogP contribution in [0.25, 0.3) is 0 Å². The van der Waals surface area contributed by atoms with E-state index in [0.29, 0.717) is 5.73 Å². The second-order valence-corrected chi connectivity index (χ2v) is 3.95. The molecule has 0 bridgehead atoms. The van der Waals surface area contributed by atoms with Crippen molar-refractivity contribution in [2.45, 2.75) is 25.5 Å². The van der Waals surface area contributed by atoms with Gasteiger partial charge in [0.2, 0.25) is 0 Å². The van der Waals surface area contributed by atoms with Gasteiger partial charge in [-0.05, 0) is 19.8 Å². The molecule has 1 saturated heterocycles. The summed E-state index contributed by atoms with van der Waals surface area (Å²) in [5.74, 6) is 0. The molecule has 1 unspecified atom stereocenters. The Kier molecular flexibility index (Phi) is 3.25. The van der Waals surface area contributed by atoms with E-state index in [2.05, 4.69) is 0 Å². The van der Waals surface area contributed by atoms with Crippen LogP contribution in [-0.2, 0) is 9.16 Å². The maximum atomic E-state index is 5.39. The molecule has 1 atom stereocenters. The summed E-state index contributed by atoms with van der Waals surface area (Å²) in [7, 11) is -0.334. The van der Waals surface area contributed by atoms with E-state index in [-0.39, 0.29) is 9.76 Å². The van der Waals surface area contributed by atoms with Crippen molar-refractivity contribution in [2.75, 3.05) is 13.2 Å². The monoisotopic (exact) mass is 146 g/mol. The minimum Gasteiger partial charge on any atom is -0.422 e. The average Bonchev–Trinajstić information content (AvgIpc) is 2.34. The van der Waals surface area contributed by atoms with Crippen LogP contribution in [0.5, 0.6) is 0 Å². The third-order valence-electron chi connectivity index (χ3n) is 1.53. The van der Waals surface area contributed by atoms with Crippen molar-refractivity contribution in [3.63, 3.8) is 0 Å². The summed E-state index contributed by atoms with van der Waals surface area (Å²) < 4.78 is 10.7. The van der Waals surface area contributed by atoms with E-state index in [1.807, 2.05) is 6.92 Å². The number of rotatable bonds is 3. The maximum Gasteiger partial charge on any atom is 0.190 e. The van der Waals surface area contributed by atoms with E-state index in [0.717, 1.165) is 13.2 Å². The molecule has 0 aromatic rings. The fourth-order valence-corrected chi connectivity index (χ4v) is 2.24. The Hall–Kier alpha value is 0.137. The Balaban J connectivity index is 1.98. The van der Waals surface area contributed by atoms with Gasteiger partial charge in [-0.25, -0.2) is 0 Å². The minimum atomic E-state index is -0.334. The van der Waals surface area contributed by atoms with Crippen LogP contribution >= 0.6 is 0 Å². The highest BCUT2D eigenvalue weighted by Gasteiger charge is 2.15. The molecule has 1 heterocycles. The lowest BCUT2D eigenvalue weighted by Gasteiger charge is -2.06. The molecule has 0 saturated carbocycles. The predicted octanol–water partition coefficient (Wildman–Crippen LogP) is 0.243. The molecule has 0 spiro atoms. The molecule has 1 aliphatic heterocycles. The van der Waals surface area contributed by atoms with E-state index in [9.17, 15) is 0 Å². The second kappa shape index (κ2) is 4.03. The van der Waals surface area contributed by atoms with Crippen molar-refractivity contribution in [3.8, 4) is 0 Å². The Morgan fingerprint density at radius 3 is 3.22 bits per heavy atom. The highest BCUT2D eigenvalue weighted by Crippen LogP contribution is 2.10. The zero-order valence-corrected chi connectivity index (χ0v) is 7.34. The lowest BCUT2D eigenvalue weighted by atomic mass is 10.4. The molecule has 0 amide bonds. The zero-order chi connectivity index (χ0) is 6.53. The van der Waals surface area contributed by atoms with Gasteiger partial charge >= 0.3 is 0 Å². The number of hydrogen-bond donors (Lipinski definition) is 0. The summed E-state index contributed by atoms with van der Waals surface area (Å²) in [6.07, 6.45) is 2.48. The first-order valence-corrected chi connectivity index (χ1v) is 5.02. The van der Waals surface area contributed by atoms with Gasteiger partial charge in [-0.2, -0.15) is 0 Å². The van der Waals surface area contributed by atoms with Crippen molar-refractivity contribution in [1.29, 1.82) is 0 Å². The molecule has 1 aliphatic rings. The molecule has 0 aromatic carbocycles. The molecule has 2 nitrogen and oxygen atoms in total. The van der Waals surface area contributed by atoms with Crippen LogP contribution in [0.15, 0.2) is 0 Å². The first kappa shape index (κ1) is 7.25. The molecule has 0 N–H and O–H groups in total. The topological polar surface area (TPSA) is 18.5 Å². The van der Waals surface area contributed by atoms with Crippen molar-refractivity contribution in [3.05, 3.63) is 0 Å². The highest BCUT2D eigenvalue weighted by atomic mass is 28.2. The predicted molar refractivity (Wildman–Crippen MR) is 39.1 cm³/mol. The molecule has 3 heteroatoms. The largest absolute Gasteiger partial charge is 0.422 e. The minimum absolute atomic E-state index is 0.334. The lowest BCUT2D eigenvalue weighted by Crippen LogP contribution is -2.17. The molecule has 54 valence electrons. The Morgan fingerprint density at radius 1 is 1.78 bits per heavy atom. The van der Waals surface area contributed by atoms with E-state index >= 15 is 0 Å². The third kappa shape index (κ3) is 2.47. The summed E-state index contributed by atoms with van der Waals surface area (Å²) in [6, 6.07) is 0. The second-order valence-electron chi connectivity index (χ2n) is 2.29. The fraction of sp³-hybridized carbons (Fsp3) is 1.00. The van der Waals surface area contributed by atoms with Gasteiger partial charge in [-0.15, -0.1) is 0 Å². The molecule has 0 radical (unpaired) electrons. The molecular formula is C6H14O2Si. The van der Waals surface area contributed by atoms with Gasteiger partial charge in [-0.1, -0.05) is 0 Å². The van der Waals surface area contributed by atoms with Gasteiger partial charge < -0.3 is 9.16 Å². The van der Waals surface area contributed by atoms with Gasteiger partial charge in [0, 0.05) is 13.2 Å². The third-order valence-corrected chi connectivity index (χ3v) is 3.19. The van der Waals surface area contributed by atoms with Crippen molar-refractivity contribution in [2.24, 2.45) is 0 Å². The van der Waals surface area contributed by atoms with Crippen LogP contribution in [0.2, 0.25) is 0 Å². The Morgan fingerprint density at radius 2 is 2.67 bits per heavy atom. The van der Waals surface area contributed by atoms with Gasteiger partial charge in [0.1, 0.15) is 0 Å². The van der Waals surface area contributed by atoms with Crippen LogP contribution in [0.1, 0.15) is 19.8 Å². The van der Waals surface area contributed by atoms with Gasteiger partial charge in [0.25, 0.3) is 0 Å². The molecular weight excluding hydrogens is 132 g/mol. The Bertz CT molecular complexity index is 71.5. The molecule has 1 fully saturated rings. The van der Waals surface area contributed by atoms with Gasteiger partial charge in [-0.3, -0.25) is 0 Å². The average molecular weight is 146 g/mol. The van der Waals surface area contributed by atoms with Crippen molar-refractivity contribution >= 4 is 9.76 Å². The lowest BCUT2D eigenvalue weighted by molar-refractivity contribution is 0.150. The highest BCUT2D eigenvalue weighted by molar-refractivity contribution is 6.29. The van der Waals surface area contributed by atoms with Gasteiger partial charge in [0.15, 0.2) is 9.76 Å². The molecule has 9 heavy (non-hydrogen) atoms. The van der Waals surface area contributed by atoms with Gasteiger partial charge in [0.05, 0.1) is 5.73 Å². The standard InChI is InChI=1S/C6H14O2Si/c1-2-8-9-6-4-3-5-7-6/h6H,2-5,9H2,1H3. The van der Waals surface area contributed by atoms with Crippen molar-refractivity contribution < 1.29 is 9.16 Å². The van der Waals surface area contributed by atoms with E-state index in [4.69, 9.17) is 9.16 Å². The smallest absolute Gasteiger partial charge is 0.190 e. The van der Waals surface area contributed by atoms with Crippen LogP contribution in [0.3, 0.4) is 0 Å². The van der Waals surface area contributed by atoms with Crippen LogP contribution in [0.4, 0.5) is 0 Å². The summed E-state index contributed by atoms with van der Waals surface area (Å²) in [5, 5.41) is 0. The number of hydrogen-bond acceptors (Lipinski definition) is 2. The summed E-state index contributed by atoms with van der Waals surface area (Å²) in [5.41, 5.74) is 0.532. The normalized spacial score (nSPS) is 28.3. The zero-order valence-electron chi connectivity index (χ0n) is 5.93. The van der Waals surface area contributed by atoms with E-state index in [1.54, 1.807) is 0 Å². The molecule has 0 aliphatic carbocycles. The molecule has 0 aromatic heterocycles. The maximum absolute atomic E-state index is 5.39. The van der Waals surface area contributed by atoms with Crippen LogP contribution < -0.4 is 0 Å². The van der Waals surface area contributed by atoms with Crippen LogP contribution in [0, 0.1) is 0 Å². The first-order valence-electron chi connectivity index (χ1n) is 3.63. The summed E-state index contributed by atoms with van der Waals surface area (Å²) in [4.78, 5) is 0.